The summed E-state index contributed by atoms with van der Waals surface area (Å²) < 4.78 is 15.0. The molecule has 0 unspecified atom stereocenters. The minimum Gasteiger partial charge on any atom is -0.493 e. The molecule has 5 rings (SSSR count). The van der Waals surface area contributed by atoms with Crippen molar-refractivity contribution in [2.75, 3.05) is 7.11 Å². The van der Waals surface area contributed by atoms with Crippen molar-refractivity contribution >= 4 is 16.7 Å². The Kier molecular flexibility index (Phi) is 4.31. The van der Waals surface area contributed by atoms with Gasteiger partial charge in [-0.2, -0.15) is 0 Å². The Hall–Kier alpha value is -3.94. The Bertz CT molecular complexity index is 1360. The first-order valence-electron chi connectivity index (χ1n) is 9.55. The topological polar surface area (TPSA) is 79.4 Å². The highest BCUT2D eigenvalue weighted by molar-refractivity contribution is 5.94. The molecule has 1 aromatic carbocycles. The van der Waals surface area contributed by atoms with E-state index in [-0.39, 0.29) is 6.61 Å². The summed E-state index contributed by atoms with van der Waals surface area (Å²) in [7, 11) is 1.62. The first-order valence-corrected chi connectivity index (χ1v) is 9.55. The van der Waals surface area contributed by atoms with Gasteiger partial charge in [0.05, 0.1) is 24.4 Å². The lowest BCUT2D eigenvalue weighted by atomic mass is 10.2. The number of ether oxygens (including phenoxy) is 2. The molecule has 150 valence electrons. The van der Waals surface area contributed by atoms with Gasteiger partial charge in [0, 0.05) is 11.9 Å². The zero-order valence-electron chi connectivity index (χ0n) is 16.9. The maximum Gasteiger partial charge on any atom is 0.189 e. The molecule has 4 aromatic heterocycles. The van der Waals surface area contributed by atoms with E-state index >= 15 is 0 Å². The molecule has 0 aliphatic heterocycles. The number of methoxy groups -OCH3 is 1. The molecule has 0 aliphatic rings. The van der Waals surface area contributed by atoms with Crippen LogP contribution in [0.5, 0.6) is 11.5 Å². The van der Waals surface area contributed by atoms with Gasteiger partial charge < -0.3 is 9.47 Å². The van der Waals surface area contributed by atoms with E-state index in [2.05, 4.69) is 33.5 Å². The van der Waals surface area contributed by atoms with Crippen LogP contribution in [-0.2, 0) is 6.61 Å². The molecule has 0 fully saturated rings. The number of hydrogen-bond donors (Lipinski definition) is 0. The number of para-hydroxylation sites is 2. The van der Waals surface area contributed by atoms with Crippen LogP contribution >= 0.6 is 0 Å². The standard InChI is InChI=1S/C22H20N6O2/c1-14-15(2)28(16-7-6-10-23-11-16)21-20(14)22-25-19(26-27(22)13-24-21)12-30-18-9-5-4-8-17(18)29-3/h4-11,13H,12H2,1-3H3. The number of nitrogens with zero attached hydrogens (tertiary/aromatic N) is 6. The molecule has 5 aromatic rings. The summed E-state index contributed by atoms with van der Waals surface area (Å²) in [5.74, 6) is 1.89. The highest BCUT2D eigenvalue weighted by Crippen LogP contribution is 2.30. The number of hydrogen-bond acceptors (Lipinski definition) is 6. The summed E-state index contributed by atoms with van der Waals surface area (Å²) in [6, 6.07) is 11.4. The van der Waals surface area contributed by atoms with Crippen LogP contribution in [-0.4, -0.2) is 36.2 Å². The number of fused-ring (bicyclic) bond motifs is 3. The van der Waals surface area contributed by atoms with E-state index in [0.717, 1.165) is 33.6 Å². The van der Waals surface area contributed by atoms with Gasteiger partial charge in [-0.3, -0.25) is 9.55 Å². The highest BCUT2D eigenvalue weighted by Gasteiger charge is 2.19. The van der Waals surface area contributed by atoms with E-state index in [9.17, 15) is 0 Å². The Morgan fingerprint density at radius 2 is 1.83 bits per heavy atom. The van der Waals surface area contributed by atoms with Crippen molar-refractivity contribution in [3.8, 4) is 17.2 Å². The molecule has 8 nitrogen and oxygen atoms in total. The summed E-state index contributed by atoms with van der Waals surface area (Å²) >= 11 is 0. The first-order chi connectivity index (χ1) is 14.7. The van der Waals surface area contributed by atoms with E-state index in [1.54, 1.807) is 24.1 Å². The molecule has 30 heavy (non-hydrogen) atoms. The molecule has 0 aliphatic carbocycles. The Morgan fingerprint density at radius 3 is 2.60 bits per heavy atom. The lowest BCUT2D eigenvalue weighted by molar-refractivity contribution is 0.276. The first kappa shape index (κ1) is 18.1. The zero-order chi connectivity index (χ0) is 20.7. The fraction of sp³-hybridized carbons (Fsp3) is 0.182. The number of benzene rings is 1. The largest absolute Gasteiger partial charge is 0.493 e. The van der Waals surface area contributed by atoms with Crippen LogP contribution in [0, 0.1) is 13.8 Å². The summed E-state index contributed by atoms with van der Waals surface area (Å²) in [4.78, 5) is 13.6. The second-order valence-corrected chi connectivity index (χ2v) is 6.94. The molecule has 0 spiro atoms. The summed E-state index contributed by atoms with van der Waals surface area (Å²) in [6.07, 6.45) is 5.27. The van der Waals surface area contributed by atoms with Crippen molar-refractivity contribution in [3.63, 3.8) is 0 Å². The van der Waals surface area contributed by atoms with Gasteiger partial charge >= 0.3 is 0 Å². The van der Waals surface area contributed by atoms with Crippen LogP contribution in [0.3, 0.4) is 0 Å². The van der Waals surface area contributed by atoms with Crippen molar-refractivity contribution in [1.29, 1.82) is 0 Å². The molecule has 0 radical (unpaired) electrons. The lowest BCUT2D eigenvalue weighted by Gasteiger charge is -2.08. The Labute approximate surface area is 172 Å². The minimum atomic E-state index is 0.227. The molecule has 4 heterocycles. The van der Waals surface area contributed by atoms with Gasteiger partial charge in [0.25, 0.3) is 0 Å². The SMILES string of the molecule is COc1ccccc1OCc1nc2c3c(C)c(C)n(-c4cccnc4)c3ncn2n1. The third kappa shape index (κ3) is 2.85. The molecule has 0 saturated heterocycles. The quantitative estimate of drug-likeness (QED) is 0.448. The van der Waals surface area contributed by atoms with E-state index in [0.29, 0.717) is 17.3 Å². The maximum atomic E-state index is 5.89. The summed E-state index contributed by atoms with van der Waals surface area (Å²) in [5.41, 5.74) is 4.74. The second-order valence-electron chi connectivity index (χ2n) is 6.94. The molecular formula is C22H20N6O2. The monoisotopic (exact) mass is 400 g/mol. The highest BCUT2D eigenvalue weighted by atomic mass is 16.5. The fourth-order valence-electron chi connectivity index (χ4n) is 3.65. The van der Waals surface area contributed by atoms with Gasteiger partial charge in [-0.25, -0.2) is 14.5 Å². The smallest absolute Gasteiger partial charge is 0.189 e. The van der Waals surface area contributed by atoms with Gasteiger partial charge in [0.15, 0.2) is 28.6 Å². The van der Waals surface area contributed by atoms with E-state index in [1.165, 1.54) is 0 Å². The van der Waals surface area contributed by atoms with Crippen molar-refractivity contribution in [3.05, 3.63) is 72.2 Å². The molecule has 0 saturated carbocycles. The van der Waals surface area contributed by atoms with Crippen molar-refractivity contribution in [2.45, 2.75) is 20.5 Å². The van der Waals surface area contributed by atoms with Crippen molar-refractivity contribution < 1.29 is 9.47 Å². The predicted octanol–water partition coefficient (Wildman–Crippen LogP) is 3.67. The molecule has 0 atom stereocenters. The van der Waals surface area contributed by atoms with Crippen LogP contribution in [0.2, 0.25) is 0 Å². The molecule has 0 amide bonds. The number of aromatic nitrogens is 6. The lowest BCUT2D eigenvalue weighted by Crippen LogP contribution is -2.00. The summed E-state index contributed by atoms with van der Waals surface area (Å²) in [6.45, 7) is 4.37. The van der Waals surface area contributed by atoms with Crippen LogP contribution in [0.15, 0.2) is 55.1 Å². The van der Waals surface area contributed by atoms with Crippen LogP contribution in [0.4, 0.5) is 0 Å². The van der Waals surface area contributed by atoms with E-state index in [1.807, 2.05) is 42.6 Å². The van der Waals surface area contributed by atoms with E-state index in [4.69, 9.17) is 14.5 Å². The minimum absolute atomic E-state index is 0.227. The summed E-state index contributed by atoms with van der Waals surface area (Å²) in [5, 5.41) is 5.51. The maximum absolute atomic E-state index is 5.89. The van der Waals surface area contributed by atoms with Crippen molar-refractivity contribution in [1.82, 2.24) is 29.1 Å². The second kappa shape index (κ2) is 7.14. The number of rotatable bonds is 5. The predicted molar refractivity (Wildman–Crippen MR) is 112 cm³/mol. The van der Waals surface area contributed by atoms with E-state index < -0.39 is 0 Å². The Morgan fingerprint density at radius 1 is 1.00 bits per heavy atom. The number of pyridine rings is 1. The number of aryl methyl sites for hydroxylation is 1. The average Bonchev–Trinajstić information content (AvgIpc) is 3.31. The Balaban J connectivity index is 1.57. The van der Waals surface area contributed by atoms with Crippen LogP contribution in [0.1, 0.15) is 17.1 Å². The zero-order valence-corrected chi connectivity index (χ0v) is 16.9. The van der Waals surface area contributed by atoms with Gasteiger partial charge in [-0.05, 0) is 43.7 Å². The van der Waals surface area contributed by atoms with Crippen LogP contribution < -0.4 is 9.47 Å². The van der Waals surface area contributed by atoms with Gasteiger partial charge in [-0.1, -0.05) is 12.1 Å². The molecular weight excluding hydrogens is 380 g/mol. The third-order valence-corrected chi connectivity index (χ3v) is 5.21. The fourth-order valence-corrected chi connectivity index (χ4v) is 3.65. The molecule has 8 heteroatoms. The van der Waals surface area contributed by atoms with Crippen LogP contribution in [0.25, 0.3) is 22.4 Å². The average molecular weight is 400 g/mol. The normalized spacial score (nSPS) is 11.3. The van der Waals surface area contributed by atoms with Gasteiger partial charge in [0.1, 0.15) is 12.9 Å². The third-order valence-electron chi connectivity index (χ3n) is 5.21. The molecule has 0 N–H and O–H groups in total. The van der Waals surface area contributed by atoms with Gasteiger partial charge in [-0.15, -0.1) is 5.10 Å². The molecule has 0 bridgehead atoms. The van der Waals surface area contributed by atoms with Crippen molar-refractivity contribution in [2.24, 2.45) is 0 Å². The van der Waals surface area contributed by atoms with Gasteiger partial charge in [0.2, 0.25) is 0 Å².